The van der Waals surface area contributed by atoms with E-state index in [1.54, 1.807) is 7.11 Å². The summed E-state index contributed by atoms with van der Waals surface area (Å²) in [6.07, 6.45) is 2.69. The molecule has 0 spiro atoms. The predicted octanol–water partition coefficient (Wildman–Crippen LogP) is 0.352. The zero-order valence-electron chi connectivity index (χ0n) is 13.3. The molecule has 122 valence electrons. The van der Waals surface area contributed by atoms with Gasteiger partial charge in [0.1, 0.15) is 0 Å². The fourth-order valence-electron chi connectivity index (χ4n) is 2.53. The maximum atomic E-state index is 11.8. The van der Waals surface area contributed by atoms with Crippen LogP contribution in [0.15, 0.2) is 24.4 Å². The molecule has 1 fully saturated rings. The van der Waals surface area contributed by atoms with Crippen LogP contribution in [0.25, 0.3) is 0 Å². The van der Waals surface area contributed by atoms with E-state index in [9.17, 15) is 4.79 Å². The van der Waals surface area contributed by atoms with E-state index < -0.39 is 0 Å². The first kappa shape index (κ1) is 16.9. The molecular formula is C16H26N4O2. The summed E-state index contributed by atoms with van der Waals surface area (Å²) in [4.78, 5) is 20.8. The zero-order chi connectivity index (χ0) is 15.6. The third kappa shape index (κ3) is 6.09. The standard InChI is InChI=1S/C16H26N4O2/c1-22-12-4-7-18-16(21)14-20-10-8-19(9-11-20)13-15-5-2-3-6-17-15/h2-3,5-6H,4,7-14H2,1H3,(H,18,21). The van der Waals surface area contributed by atoms with Crippen molar-refractivity contribution in [3.63, 3.8) is 0 Å². The van der Waals surface area contributed by atoms with E-state index >= 15 is 0 Å². The maximum absolute atomic E-state index is 11.8. The number of nitrogens with zero attached hydrogens (tertiary/aromatic N) is 3. The first-order chi connectivity index (χ1) is 10.8. The minimum absolute atomic E-state index is 0.106. The summed E-state index contributed by atoms with van der Waals surface area (Å²) < 4.78 is 4.96. The van der Waals surface area contributed by atoms with Gasteiger partial charge in [-0.2, -0.15) is 0 Å². The predicted molar refractivity (Wildman–Crippen MR) is 85.5 cm³/mol. The van der Waals surface area contributed by atoms with E-state index in [4.69, 9.17) is 4.74 Å². The molecule has 2 rings (SSSR count). The number of methoxy groups -OCH3 is 1. The van der Waals surface area contributed by atoms with Gasteiger partial charge in [0.15, 0.2) is 0 Å². The second-order valence-electron chi connectivity index (χ2n) is 5.57. The molecule has 1 aliphatic rings. The molecule has 1 saturated heterocycles. The van der Waals surface area contributed by atoms with Gasteiger partial charge in [-0.1, -0.05) is 6.07 Å². The van der Waals surface area contributed by atoms with Crippen molar-refractivity contribution in [1.82, 2.24) is 20.1 Å². The molecule has 0 radical (unpaired) electrons. The molecule has 1 amide bonds. The van der Waals surface area contributed by atoms with Crippen LogP contribution in [0.1, 0.15) is 12.1 Å². The summed E-state index contributed by atoms with van der Waals surface area (Å²) in [5.74, 6) is 0.106. The summed E-state index contributed by atoms with van der Waals surface area (Å²) in [5, 5.41) is 2.93. The molecule has 1 aromatic rings. The van der Waals surface area contributed by atoms with Gasteiger partial charge in [0.2, 0.25) is 5.91 Å². The monoisotopic (exact) mass is 306 g/mol. The van der Waals surface area contributed by atoms with Crippen LogP contribution in [-0.4, -0.2) is 73.7 Å². The Hall–Kier alpha value is -1.50. The highest BCUT2D eigenvalue weighted by molar-refractivity contribution is 5.77. The Balaban J connectivity index is 1.61. The molecule has 1 N–H and O–H groups in total. The number of aromatic nitrogens is 1. The van der Waals surface area contributed by atoms with Crippen molar-refractivity contribution in [1.29, 1.82) is 0 Å². The highest BCUT2D eigenvalue weighted by Crippen LogP contribution is 2.06. The molecule has 0 unspecified atom stereocenters. The molecule has 1 aliphatic heterocycles. The van der Waals surface area contributed by atoms with Crippen molar-refractivity contribution in [2.45, 2.75) is 13.0 Å². The number of hydrogen-bond donors (Lipinski definition) is 1. The van der Waals surface area contributed by atoms with Gasteiger partial charge in [-0.3, -0.25) is 19.6 Å². The van der Waals surface area contributed by atoms with Crippen LogP contribution >= 0.6 is 0 Å². The number of carbonyl (C=O) groups excluding carboxylic acids is 1. The van der Waals surface area contributed by atoms with Crippen LogP contribution in [0.4, 0.5) is 0 Å². The normalized spacial score (nSPS) is 16.6. The average molecular weight is 306 g/mol. The number of piperazine rings is 1. The molecule has 0 saturated carbocycles. The van der Waals surface area contributed by atoms with E-state index in [1.165, 1.54) is 0 Å². The summed E-state index contributed by atoms with van der Waals surface area (Å²) in [5.41, 5.74) is 1.10. The van der Waals surface area contributed by atoms with Gasteiger partial charge < -0.3 is 10.1 Å². The molecule has 1 aromatic heterocycles. The van der Waals surface area contributed by atoms with E-state index in [0.717, 1.165) is 44.8 Å². The number of hydrogen-bond acceptors (Lipinski definition) is 5. The van der Waals surface area contributed by atoms with Crippen LogP contribution in [0.2, 0.25) is 0 Å². The van der Waals surface area contributed by atoms with Gasteiger partial charge in [0.05, 0.1) is 12.2 Å². The fraction of sp³-hybridized carbons (Fsp3) is 0.625. The lowest BCUT2D eigenvalue weighted by molar-refractivity contribution is -0.122. The van der Waals surface area contributed by atoms with E-state index in [2.05, 4.69) is 26.2 Å². The Morgan fingerprint density at radius 3 is 2.73 bits per heavy atom. The van der Waals surface area contributed by atoms with Crippen molar-refractivity contribution in [3.8, 4) is 0 Å². The second kappa shape index (κ2) is 9.50. The summed E-state index contributed by atoms with van der Waals surface area (Å²) in [7, 11) is 1.67. The highest BCUT2D eigenvalue weighted by Gasteiger charge is 2.18. The molecule has 0 bridgehead atoms. The Kier molecular flexibility index (Phi) is 7.28. The Labute approximate surface area is 132 Å². The van der Waals surface area contributed by atoms with Gasteiger partial charge in [0, 0.05) is 59.2 Å². The number of pyridine rings is 1. The third-order valence-corrected chi connectivity index (χ3v) is 3.79. The first-order valence-corrected chi connectivity index (χ1v) is 7.88. The quantitative estimate of drug-likeness (QED) is 0.703. The largest absolute Gasteiger partial charge is 0.385 e. The average Bonchev–Trinajstić information content (AvgIpc) is 2.54. The van der Waals surface area contributed by atoms with E-state index in [1.807, 2.05) is 18.3 Å². The molecule has 6 heteroatoms. The number of rotatable bonds is 8. The van der Waals surface area contributed by atoms with Crippen LogP contribution in [0.5, 0.6) is 0 Å². The van der Waals surface area contributed by atoms with Crippen molar-refractivity contribution in [3.05, 3.63) is 30.1 Å². The molecule has 0 atom stereocenters. The topological polar surface area (TPSA) is 57.7 Å². The van der Waals surface area contributed by atoms with Crippen LogP contribution in [0.3, 0.4) is 0 Å². The van der Waals surface area contributed by atoms with Gasteiger partial charge >= 0.3 is 0 Å². The molecule has 22 heavy (non-hydrogen) atoms. The Bertz CT molecular complexity index is 433. The number of ether oxygens (including phenoxy) is 1. The smallest absolute Gasteiger partial charge is 0.234 e. The summed E-state index contributed by atoms with van der Waals surface area (Å²) in [6, 6.07) is 6.01. The van der Waals surface area contributed by atoms with Crippen molar-refractivity contribution < 1.29 is 9.53 Å². The Morgan fingerprint density at radius 1 is 1.27 bits per heavy atom. The SMILES string of the molecule is COCCCNC(=O)CN1CCN(Cc2ccccn2)CC1. The van der Waals surface area contributed by atoms with Gasteiger partial charge in [-0.25, -0.2) is 0 Å². The Morgan fingerprint density at radius 2 is 2.05 bits per heavy atom. The minimum atomic E-state index is 0.106. The lowest BCUT2D eigenvalue weighted by Gasteiger charge is -2.34. The van der Waals surface area contributed by atoms with Crippen molar-refractivity contribution in [2.75, 3.05) is 53.0 Å². The van der Waals surface area contributed by atoms with Crippen LogP contribution < -0.4 is 5.32 Å². The summed E-state index contributed by atoms with van der Waals surface area (Å²) >= 11 is 0. The molecule has 2 heterocycles. The number of nitrogens with one attached hydrogen (secondary N) is 1. The number of carbonyl (C=O) groups is 1. The lowest BCUT2D eigenvalue weighted by Crippen LogP contribution is -2.49. The third-order valence-electron chi connectivity index (χ3n) is 3.79. The highest BCUT2D eigenvalue weighted by atomic mass is 16.5. The van der Waals surface area contributed by atoms with Crippen LogP contribution in [-0.2, 0) is 16.1 Å². The van der Waals surface area contributed by atoms with Gasteiger partial charge in [0.25, 0.3) is 0 Å². The lowest BCUT2D eigenvalue weighted by atomic mass is 10.2. The fourth-order valence-corrected chi connectivity index (χ4v) is 2.53. The molecular weight excluding hydrogens is 280 g/mol. The van der Waals surface area contributed by atoms with Crippen molar-refractivity contribution >= 4 is 5.91 Å². The zero-order valence-corrected chi connectivity index (χ0v) is 13.3. The van der Waals surface area contributed by atoms with Crippen LogP contribution in [0, 0.1) is 0 Å². The second-order valence-corrected chi connectivity index (χ2v) is 5.57. The van der Waals surface area contributed by atoms with Gasteiger partial charge in [-0.05, 0) is 18.6 Å². The number of amides is 1. The van der Waals surface area contributed by atoms with E-state index in [-0.39, 0.29) is 5.91 Å². The van der Waals surface area contributed by atoms with E-state index in [0.29, 0.717) is 19.7 Å². The first-order valence-electron chi connectivity index (χ1n) is 7.88. The maximum Gasteiger partial charge on any atom is 0.234 e. The summed E-state index contributed by atoms with van der Waals surface area (Å²) in [6.45, 7) is 6.57. The van der Waals surface area contributed by atoms with Crippen molar-refractivity contribution in [2.24, 2.45) is 0 Å². The molecule has 6 nitrogen and oxygen atoms in total. The minimum Gasteiger partial charge on any atom is -0.385 e. The van der Waals surface area contributed by atoms with Gasteiger partial charge in [-0.15, -0.1) is 0 Å². The molecule has 0 aliphatic carbocycles. The molecule has 0 aromatic carbocycles.